The number of sulfonamides is 1. The normalized spacial score (nSPS) is 14.5. The van der Waals surface area contributed by atoms with E-state index in [-0.39, 0.29) is 16.8 Å². The number of piperazine rings is 1. The van der Waals surface area contributed by atoms with Crippen LogP contribution in [0.2, 0.25) is 5.02 Å². The first-order chi connectivity index (χ1) is 19.5. The largest absolute Gasteiger partial charge is 0.351 e. The van der Waals surface area contributed by atoms with Gasteiger partial charge in [-0.15, -0.1) is 0 Å². The monoisotopic (exact) mass is 569 g/mol. The quantitative estimate of drug-likeness (QED) is 0.259. The zero-order chi connectivity index (χ0) is 27.5. The molecule has 0 bridgehead atoms. The van der Waals surface area contributed by atoms with E-state index < -0.39 is 10.0 Å². The van der Waals surface area contributed by atoms with Crippen molar-refractivity contribution in [3.63, 3.8) is 0 Å². The molecule has 202 valence electrons. The van der Waals surface area contributed by atoms with Crippen LogP contribution in [0, 0.1) is 0 Å². The highest BCUT2D eigenvalue weighted by Crippen LogP contribution is 2.32. The Bertz CT molecular complexity index is 1670. The highest BCUT2D eigenvalue weighted by Gasteiger charge is 2.29. The van der Waals surface area contributed by atoms with Crippen LogP contribution in [0.25, 0.3) is 11.0 Å². The molecule has 0 amide bonds. The molecule has 2 heterocycles. The summed E-state index contributed by atoms with van der Waals surface area (Å²) >= 11 is 5.98. The van der Waals surface area contributed by atoms with Gasteiger partial charge < -0.3 is 4.90 Å². The van der Waals surface area contributed by atoms with Crippen LogP contribution in [-0.2, 0) is 10.0 Å². The van der Waals surface area contributed by atoms with Gasteiger partial charge >= 0.3 is 0 Å². The number of aromatic nitrogens is 2. The molecule has 0 spiro atoms. The lowest BCUT2D eigenvalue weighted by Crippen LogP contribution is -2.48. The summed E-state index contributed by atoms with van der Waals surface area (Å²) in [7, 11) is -3.90. The highest BCUT2D eigenvalue weighted by atomic mass is 35.5. The van der Waals surface area contributed by atoms with Gasteiger partial charge in [-0.3, -0.25) is 9.62 Å². The standard InChI is InChI=1S/C31H28ClN5O2S/c32-25-15-17-26(18-16-25)40(38,39)35-30-31(34-28-14-8-7-13-27(28)33-30)37-21-19-36(20-22-37)29(23-9-3-1-4-10-23)24-11-5-2-6-12-24/h1-18,29H,19-22H2,(H,33,35). The number of anilines is 2. The maximum Gasteiger partial charge on any atom is 0.263 e. The number of hydrogen-bond acceptors (Lipinski definition) is 6. The lowest BCUT2D eigenvalue weighted by Gasteiger charge is -2.40. The van der Waals surface area contributed by atoms with E-state index in [2.05, 4.69) is 63.1 Å². The molecule has 1 saturated heterocycles. The summed E-state index contributed by atoms with van der Waals surface area (Å²) in [5, 5.41) is 0.465. The molecule has 1 aromatic heterocycles. The van der Waals surface area contributed by atoms with E-state index in [1.54, 1.807) is 12.1 Å². The Morgan fingerprint density at radius 2 is 1.20 bits per heavy atom. The molecule has 1 aliphatic rings. The van der Waals surface area contributed by atoms with E-state index in [1.807, 2.05) is 36.4 Å². The summed E-state index contributed by atoms with van der Waals surface area (Å²) in [6.07, 6.45) is 0. The van der Waals surface area contributed by atoms with Crippen molar-refractivity contribution in [3.05, 3.63) is 125 Å². The van der Waals surface area contributed by atoms with Crippen LogP contribution < -0.4 is 9.62 Å². The Labute approximate surface area is 239 Å². The van der Waals surface area contributed by atoms with Crippen molar-refractivity contribution >= 4 is 44.3 Å². The molecule has 4 aromatic carbocycles. The molecule has 40 heavy (non-hydrogen) atoms. The predicted molar refractivity (Wildman–Crippen MR) is 160 cm³/mol. The van der Waals surface area contributed by atoms with Gasteiger partial charge in [-0.05, 0) is 47.5 Å². The van der Waals surface area contributed by atoms with E-state index in [9.17, 15) is 8.42 Å². The van der Waals surface area contributed by atoms with Crippen LogP contribution in [-0.4, -0.2) is 49.5 Å². The van der Waals surface area contributed by atoms with E-state index in [0.29, 0.717) is 35.0 Å². The minimum atomic E-state index is -3.90. The van der Waals surface area contributed by atoms with Crippen molar-refractivity contribution in [3.8, 4) is 0 Å². The van der Waals surface area contributed by atoms with Gasteiger partial charge in [0.2, 0.25) is 0 Å². The van der Waals surface area contributed by atoms with Crippen molar-refractivity contribution in [2.75, 3.05) is 35.8 Å². The molecule has 5 aromatic rings. The van der Waals surface area contributed by atoms with Crippen LogP contribution in [0.3, 0.4) is 0 Å². The molecule has 6 rings (SSSR count). The van der Waals surface area contributed by atoms with Gasteiger partial charge in [0.1, 0.15) is 0 Å². The maximum atomic E-state index is 13.3. The maximum absolute atomic E-state index is 13.3. The van der Waals surface area contributed by atoms with Gasteiger partial charge in [0.25, 0.3) is 10.0 Å². The van der Waals surface area contributed by atoms with Gasteiger partial charge in [-0.2, -0.15) is 0 Å². The van der Waals surface area contributed by atoms with Crippen LogP contribution in [0.5, 0.6) is 0 Å². The molecule has 0 atom stereocenters. The average molecular weight is 570 g/mol. The molecule has 0 unspecified atom stereocenters. The smallest absolute Gasteiger partial charge is 0.263 e. The number of nitrogens with one attached hydrogen (secondary N) is 1. The molecule has 9 heteroatoms. The predicted octanol–water partition coefficient (Wildman–Crippen LogP) is 6.00. The first-order valence-corrected chi connectivity index (χ1v) is 15.0. The summed E-state index contributed by atoms with van der Waals surface area (Å²) in [6, 6.07) is 34.7. The number of hydrogen-bond donors (Lipinski definition) is 1. The van der Waals surface area contributed by atoms with E-state index >= 15 is 0 Å². The molecule has 0 aliphatic carbocycles. The van der Waals surface area contributed by atoms with Crippen LogP contribution in [0.1, 0.15) is 17.2 Å². The number of fused-ring (bicyclic) bond motifs is 1. The van der Waals surface area contributed by atoms with Gasteiger partial charge in [0.15, 0.2) is 11.6 Å². The molecular formula is C31H28ClN5O2S. The topological polar surface area (TPSA) is 78.4 Å². The Morgan fingerprint density at radius 3 is 1.77 bits per heavy atom. The van der Waals surface area contributed by atoms with E-state index in [0.717, 1.165) is 13.1 Å². The van der Waals surface area contributed by atoms with E-state index in [1.165, 1.54) is 23.3 Å². The molecule has 1 N–H and O–H groups in total. The summed E-state index contributed by atoms with van der Waals surface area (Å²) in [5.74, 6) is 0.733. The second kappa shape index (κ2) is 11.3. The third-order valence-electron chi connectivity index (χ3n) is 7.12. The molecule has 0 radical (unpaired) electrons. The van der Waals surface area contributed by atoms with Gasteiger partial charge in [-0.1, -0.05) is 84.4 Å². The first-order valence-electron chi connectivity index (χ1n) is 13.1. The number of nitrogens with zero attached hydrogens (tertiary/aromatic N) is 4. The number of rotatable bonds is 7. The zero-order valence-electron chi connectivity index (χ0n) is 21.7. The Morgan fingerprint density at radius 1 is 0.675 bits per heavy atom. The van der Waals surface area contributed by atoms with Crippen molar-refractivity contribution in [2.24, 2.45) is 0 Å². The van der Waals surface area contributed by atoms with Gasteiger partial charge in [0.05, 0.1) is 22.0 Å². The Balaban J connectivity index is 1.30. The number of para-hydroxylation sites is 2. The summed E-state index contributed by atoms with van der Waals surface area (Å²) < 4.78 is 29.3. The second-order valence-electron chi connectivity index (χ2n) is 9.69. The molecule has 0 saturated carbocycles. The molecule has 1 fully saturated rings. The number of benzene rings is 4. The fourth-order valence-corrected chi connectivity index (χ4v) is 6.29. The summed E-state index contributed by atoms with van der Waals surface area (Å²) in [4.78, 5) is 14.3. The zero-order valence-corrected chi connectivity index (χ0v) is 23.3. The summed E-state index contributed by atoms with van der Waals surface area (Å²) in [5.41, 5.74) is 3.81. The van der Waals surface area contributed by atoms with Crippen molar-refractivity contribution in [1.82, 2.24) is 14.9 Å². The van der Waals surface area contributed by atoms with Crippen molar-refractivity contribution in [2.45, 2.75) is 10.9 Å². The third kappa shape index (κ3) is 5.51. The lowest BCUT2D eigenvalue weighted by molar-refractivity contribution is 0.212. The van der Waals surface area contributed by atoms with Crippen molar-refractivity contribution < 1.29 is 8.42 Å². The van der Waals surface area contributed by atoms with Crippen LogP contribution >= 0.6 is 11.6 Å². The summed E-state index contributed by atoms with van der Waals surface area (Å²) in [6.45, 7) is 2.87. The fraction of sp³-hybridized carbons (Fsp3) is 0.161. The van der Waals surface area contributed by atoms with Crippen LogP contribution in [0.15, 0.2) is 114 Å². The Kier molecular flexibility index (Phi) is 7.38. The highest BCUT2D eigenvalue weighted by molar-refractivity contribution is 7.92. The number of halogens is 1. The molecule has 1 aliphatic heterocycles. The van der Waals surface area contributed by atoms with Gasteiger partial charge in [0, 0.05) is 31.2 Å². The fourth-order valence-electron chi connectivity index (χ4n) is 5.16. The van der Waals surface area contributed by atoms with Crippen molar-refractivity contribution in [1.29, 1.82) is 0 Å². The minimum Gasteiger partial charge on any atom is -0.351 e. The third-order valence-corrected chi connectivity index (χ3v) is 8.72. The average Bonchev–Trinajstić information content (AvgIpc) is 2.98. The first kappa shape index (κ1) is 26.3. The molecular weight excluding hydrogens is 542 g/mol. The van der Waals surface area contributed by atoms with E-state index in [4.69, 9.17) is 21.6 Å². The SMILES string of the molecule is O=S(=O)(Nc1nc2ccccc2nc1N1CCN(C(c2ccccc2)c2ccccc2)CC1)c1ccc(Cl)cc1. The van der Waals surface area contributed by atoms with Crippen LogP contribution in [0.4, 0.5) is 11.6 Å². The lowest BCUT2D eigenvalue weighted by atomic mass is 9.96. The van der Waals surface area contributed by atoms with Gasteiger partial charge in [-0.25, -0.2) is 18.4 Å². The Hall–Kier alpha value is -3.98. The minimum absolute atomic E-state index is 0.108. The second-order valence-corrected chi connectivity index (χ2v) is 11.8. The molecule has 7 nitrogen and oxygen atoms in total.